The lowest BCUT2D eigenvalue weighted by Gasteiger charge is -2.36. The second-order valence-corrected chi connectivity index (χ2v) is 8.05. The lowest BCUT2D eigenvalue weighted by molar-refractivity contribution is -0.135. The first-order chi connectivity index (χ1) is 14.8. The van der Waals surface area contributed by atoms with Crippen LogP contribution in [0.2, 0.25) is 0 Å². The Bertz CT molecular complexity index is 792. The summed E-state index contributed by atoms with van der Waals surface area (Å²) in [5.74, 6) is 1.02. The Labute approximate surface area is 177 Å². The molecule has 9 heteroatoms. The van der Waals surface area contributed by atoms with E-state index in [1.54, 1.807) is 4.68 Å². The molecule has 0 unspecified atom stereocenters. The van der Waals surface area contributed by atoms with Crippen LogP contribution in [0.3, 0.4) is 0 Å². The standard InChI is InChI=1S/C21H31N7O2/c29-21(9-12-28-20(23-24-25-28)17-26-13-15-30-16-14-26)27-11-4-2-6-19(27)8-7-18-5-1-3-10-22-18/h1,3,5,10,19H,2,4,6-9,11-17H2/t19-/m0/s1. The number of hydrogen-bond donors (Lipinski definition) is 0. The molecule has 162 valence electrons. The fraction of sp³-hybridized carbons (Fsp3) is 0.667. The quantitative estimate of drug-likeness (QED) is 0.644. The van der Waals surface area contributed by atoms with Crippen molar-refractivity contribution in [2.75, 3.05) is 32.8 Å². The maximum absolute atomic E-state index is 13.0. The summed E-state index contributed by atoms with van der Waals surface area (Å²) < 4.78 is 7.18. The Kier molecular flexibility index (Phi) is 7.36. The number of aryl methyl sites for hydroxylation is 2. The number of amides is 1. The fourth-order valence-electron chi connectivity index (χ4n) is 4.30. The van der Waals surface area contributed by atoms with Gasteiger partial charge in [-0.15, -0.1) is 5.10 Å². The van der Waals surface area contributed by atoms with Gasteiger partial charge in [-0.3, -0.25) is 14.7 Å². The number of hydrogen-bond acceptors (Lipinski definition) is 7. The molecular formula is C21H31N7O2. The lowest BCUT2D eigenvalue weighted by atomic mass is 9.96. The molecule has 2 aromatic rings. The molecular weight excluding hydrogens is 382 g/mol. The molecule has 0 spiro atoms. The summed E-state index contributed by atoms with van der Waals surface area (Å²) in [6, 6.07) is 6.32. The van der Waals surface area contributed by atoms with Crippen molar-refractivity contribution in [3.05, 3.63) is 35.9 Å². The monoisotopic (exact) mass is 413 g/mol. The molecule has 0 aromatic carbocycles. The van der Waals surface area contributed by atoms with Crippen molar-refractivity contribution in [2.24, 2.45) is 0 Å². The second kappa shape index (κ2) is 10.6. The van der Waals surface area contributed by atoms with Crippen LogP contribution in [0.5, 0.6) is 0 Å². The molecule has 0 bridgehead atoms. The zero-order valence-corrected chi connectivity index (χ0v) is 17.5. The van der Waals surface area contributed by atoms with Crippen molar-refractivity contribution in [3.63, 3.8) is 0 Å². The first-order valence-electron chi connectivity index (χ1n) is 11.0. The number of aromatic nitrogens is 5. The van der Waals surface area contributed by atoms with Crippen molar-refractivity contribution in [2.45, 2.75) is 57.7 Å². The summed E-state index contributed by atoms with van der Waals surface area (Å²) in [5.41, 5.74) is 1.09. The maximum Gasteiger partial charge on any atom is 0.224 e. The molecule has 0 N–H and O–H groups in total. The van der Waals surface area contributed by atoms with E-state index in [1.807, 2.05) is 18.3 Å². The van der Waals surface area contributed by atoms with Crippen LogP contribution in [-0.4, -0.2) is 79.8 Å². The predicted molar refractivity (Wildman–Crippen MR) is 110 cm³/mol. The van der Waals surface area contributed by atoms with E-state index in [1.165, 1.54) is 6.42 Å². The molecule has 0 radical (unpaired) electrons. The topological polar surface area (TPSA) is 89.3 Å². The van der Waals surface area contributed by atoms with E-state index >= 15 is 0 Å². The van der Waals surface area contributed by atoms with Crippen molar-refractivity contribution in [1.29, 1.82) is 0 Å². The number of piperidine rings is 1. The van der Waals surface area contributed by atoms with Crippen LogP contribution >= 0.6 is 0 Å². The van der Waals surface area contributed by atoms with E-state index in [2.05, 4.69) is 36.4 Å². The van der Waals surface area contributed by atoms with Gasteiger partial charge in [0.1, 0.15) is 0 Å². The summed E-state index contributed by atoms with van der Waals surface area (Å²) in [7, 11) is 0. The summed E-state index contributed by atoms with van der Waals surface area (Å²) in [4.78, 5) is 21.8. The van der Waals surface area contributed by atoms with Crippen LogP contribution in [0.15, 0.2) is 24.4 Å². The SMILES string of the molecule is O=C(CCn1nnnc1CN1CCOCC1)N1CCCC[C@H]1CCc1ccccn1. The number of ether oxygens (including phenoxy) is 1. The fourth-order valence-corrected chi connectivity index (χ4v) is 4.30. The highest BCUT2D eigenvalue weighted by Gasteiger charge is 2.26. The van der Waals surface area contributed by atoms with Gasteiger partial charge in [0.25, 0.3) is 0 Å². The van der Waals surface area contributed by atoms with Gasteiger partial charge in [0, 0.05) is 44.0 Å². The van der Waals surface area contributed by atoms with Gasteiger partial charge in [-0.2, -0.15) is 0 Å². The van der Waals surface area contributed by atoms with Gasteiger partial charge in [-0.05, 0) is 54.7 Å². The molecule has 1 amide bonds. The highest BCUT2D eigenvalue weighted by Crippen LogP contribution is 2.22. The molecule has 2 fully saturated rings. The summed E-state index contributed by atoms with van der Waals surface area (Å²) in [5, 5.41) is 12.1. The van der Waals surface area contributed by atoms with Crippen LogP contribution in [0, 0.1) is 0 Å². The number of tetrazole rings is 1. The molecule has 30 heavy (non-hydrogen) atoms. The molecule has 2 aromatic heterocycles. The van der Waals surface area contributed by atoms with Gasteiger partial charge in [0.15, 0.2) is 5.82 Å². The van der Waals surface area contributed by atoms with E-state index in [9.17, 15) is 4.79 Å². The van der Waals surface area contributed by atoms with Crippen LogP contribution < -0.4 is 0 Å². The van der Waals surface area contributed by atoms with Crippen molar-refractivity contribution in [1.82, 2.24) is 35.0 Å². The van der Waals surface area contributed by atoms with Crippen molar-refractivity contribution in [3.8, 4) is 0 Å². The average Bonchev–Trinajstić information content (AvgIpc) is 3.24. The zero-order valence-electron chi connectivity index (χ0n) is 17.5. The number of likely N-dealkylation sites (tertiary alicyclic amines) is 1. The highest BCUT2D eigenvalue weighted by molar-refractivity contribution is 5.76. The second-order valence-electron chi connectivity index (χ2n) is 8.05. The first-order valence-corrected chi connectivity index (χ1v) is 11.0. The van der Waals surface area contributed by atoms with Crippen LogP contribution in [-0.2, 0) is 29.0 Å². The molecule has 0 aliphatic carbocycles. The molecule has 9 nitrogen and oxygen atoms in total. The van der Waals surface area contributed by atoms with Gasteiger partial charge in [0.05, 0.1) is 26.3 Å². The van der Waals surface area contributed by atoms with Crippen molar-refractivity contribution >= 4 is 5.91 Å². The largest absolute Gasteiger partial charge is 0.379 e. The third-order valence-corrected chi connectivity index (χ3v) is 6.02. The predicted octanol–water partition coefficient (Wildman–Crippen LogP) is 1.30. The molecule has 2 aliphatic heterocycles. The van der Waals surface area contributed by atoms with Gasteiger partial charge in [-0.1, -0.05) is 6.07 Å². The molecule has 4 rings (SSSR count). The van der Waals surface area contributed by atoms with Crippen LogP contribution in [0.4, 0.5) is 0 Å². The van der Waals surface area contributed by atoms with E-state index in [4.69, 9.17) is 4.74 Å². The van der Waals surface area contributed by atoms with E-state index in [0.29, 0.717) is 25.6 Å². The maximum atomic E-state index is 13.0. The Morgan fingerprint density at radius 3 is 2.90 bits per heavy atom. The average molecular weight is 414 g/mol. The number of nitrogens with zero attached hydrogens (tertiary/aromatic N) is 7. The van der Waals surface area contributed by atoms with Crippen molar-refractivity contribution < 1.29 is 9.53 Å². The molecule has 2 saturated heterocycles. The number of carbonyl (C=O) groups is 1. The van der Waals surface area contributed by atoms with E-state index < -0.39 is 0 Å². The molecule has 2 aliphatic rings. The number of pyridine rings is 1. The van der Waals surface area contributed by atoms with Gasteiger partial charge >= 0.3 is 0 Å². The van der Waals surface area contributed by atoms with Gasteiger partial charge in [0.2, 0.25) is 5.91 Å². The Hall–Kier alpha value is -2.39. The lowest BCUT2D eigenvalue weighted by Crippen LogP contribution is -2.44. The Balaban J connectivity index is 1.29. The third-order valence-electron chi connectivity index (χ3n) is 6.02. The first kappa shape index (κ1) is 20.9. The summed E-state index contributed by atoms with van der Waals surface area (Å²) in [6.45, 7) is 5.33. The number of morpholine rings is 1. The minimum Gasteiger partial charge on any atom is -0.379 e. The number of rotatable bonds is 8. The van der Waals surface area contributed by atoms with Crippen LogP contribution in [0.1, 0.15) is 43.6 Å². The molecule has 4 heterocycles. The van der Waals surface area contributed by atoms with E-state index in [0.717, 1.165) is 70.0 Å². The Morgan fingerprint density at radius 2 is 2.07 bits per heavy atom. The minimum atomic E-state index is 0.202. The third kappa shape index (κ3) is 5.60. The normalized spacial score (nSPS) is 20.4. The van der Waals surface area contributed by atoms with Gasteiger partial charge < -0.3 is 9.64 Å². The highest BCUT2D eigenvalue weighted by atomic mass is 16.5. The number of carbonyl (C=O) groups excluding carboxylic acids is 1. The Morgan fingerprint density at radius 1 is 1.17 bits per heavy atom. The molecule has 0 saturated carbocycles. The van der Waals surface area contributed by atoms with E-state index in [-0.39, 0.29) is 5.91 Å². The summed E-state index contributed by atoms with van der Waals surface area (Å²) >= 11 is 0. The summed E-state index contributed by atoms with van der Waals surface area (Å²) in [6.07, 6.45) is 7.49. The smallest absolute Gasteiger partial charge is 0.224 e. The van der Waals surface area contributed by atoms with Gasteiger partial charge in [-0.25, -0.2) is 4.68 Å². The zero-order chi connectivity index (χ0) is 20.6. The van der Waals surface area contributed by atoms with Crippen LogP contribution in [0.25, 0.3) is 0 Å². The minimum absolute atomic E-state index is 0.202. The molecule has 1 atom stereocenters.